The van der Waals surface area contributed by atoms with Crippen molar-refractivity contribution in [2.45, 2.75) is 30.4 Å². The van der Waals surface area contributed by atoms with Crippen LogP contribution in [-0.4, -0.2) is 42.2 Å². The van der Waals surface area contributed by atoms with Crippen molar-refractivity contribution in [3.63, 3.8) is 0 Å². The third-order valence-electron chi connectivity index (χ3n) is 4.99. The summed E-state index contributed by atoms with van der Waals surface area (Å²) in [7, 11) is -3.55. The normalized spacial score (nSPS) is 16.0. The van der Waals surface area contributed by atoms with E-state index in [2.05, 4.69) is 9.82 Å². The zero-order valence-electron chi connectivity index (χ0n) is 16.1. The number of halogens is 1. The molecule has 0 aliphatic carbocycles. The fourth-order valence-corrected chi connectivity index (χ4v) is 4.70. The molecule has 0 spiro atoms. The summed E-state index contributed by atoms with van der Waals surface area (Å²) in [5.41, 5.74) is 0.515. The van der Waals surface area contributed by atoms with Gasteiger partial charge in [0.15, 0.2) is 0 Å². The third-order valence-corrected chi connectivity index (χ3v) is 6.53. The number of likely N-dealkylation sites (tertiary alicyclic amines) is 1. The van der Waals surface area contributed by atoms with Crippen LogP contribution < -0.4 is 10.5 Å². The van der Waals surface area contributed by atoms with Crippen LogP contribution in [-0.2, 0) is 16.7 Å². The zero-order chi connectivity index (χ0) is 21.1. The number of hydrogen-bond acceptors (Lipinski definition) is 6. The Kier molecular flexibility index (Phi) is 5.80. The molecule has 0 saturated carbocycles. The number of rotatable bonds is 6. The average Bonchev–Trinajstić information content (AvgIpc) is 3.11. The van der Waals surface area contributed by atoms with Crippen LogP contribution >= 0.6 is 0 Å². The molecule has 1 aliphatic heterocycles. The molecule has 1 fully saturated rings. The number of benzene rings is 2. The van der Waals surface area contributed by atoms with E-state index in [0.717, 1.165) is 0 Å². The molecule has 0 unspecified atom stereocenters. The zero-order valence-corrected chi connectivity index (χ0v) is 16.9. The van der Waals surface area contributed by atoms with E-state index in [1.54, 1.807) is 30.3 Å². The molecule has 0 radical (unpaired) electrons. The molecule has 3 aromatic rings. The number of nitrogens with one attached hydrogen (secondary N) is 1. The molecule has 4 rings (SSSR count). The molecular weight excluding hydrogens is 411 g/mol. The summed E-state index contributed by atoms with van der Waals surface area (Å²) in [5.74, 6) is -0.849. The maximum Gasteiger partial charge on any atom is 0.438 e. The summed E-state index contributed by atoms with van der Waals surface area (Å²) in [4.78, 5) is 14.4. The van der Waals surface area contributed by atoms with Crippen LogP contribution in [0, 0.1) is 5.82 Å². The van der Waals surface area contributed by atoms with E-state index in [9.17, 15) is 17.6 Å². The van der Waals surface area contributed by atoms with Crippen LogP contribution in [0.15, 0.2) is 68.7 Å². The van der Waals surface area contributed by atoms with Gasteiger partial charge < -0.3 is 4.42 Å². The molecule has 2 aromatic carbocycles. The van der Waals surface area contributed by atoms with Gasteiger partial charge in [0.25, 0.3) is 0 Å². The first kappa shape index (κ1) is 20.5. The Labute approximate surface area is 173 Å². The van der Waals surface area contributed by atoms with Crippen molar-refractivity contribution < 1.29 is 17.2 Å². The van der Waals surface area contributed by atoms with Gasteiger partial charge in [-0.3, -0.25) is 4.90 Å². The van der Waals surface area contributed by atoms with Gasteiger partial charge in [0.1, 0.15) is 12.5 Å². The van der Waals surface area contributed by atoms with Gasteiger partial charge in [-0.1, -0.05) is 18.2 Å². The second kappa shape index (κ2) is 8.50. The molecule has 1 N–H and O–H groups in total. The first-order valence-electron chi connectivity index (χ1n) is 9.54. The Bertz CT molecular complexity index is 1150. The summed E-state index contributed by atoms with van der Waals surface area (Å²) in [5, 5.41) is 4.18. The fourth-order valence-electron chi connectivity index (χ4n) is 3.37. The second-order valence-corrected chi connectivity index (χ2v) is 8.86. The van der Waals surface area contributed by atoms with E-state index in [0.29, 0.717) is 31.5 Å². The van der Waals surface area contributed by atoms with Crippen molar-refractivity contribution >= 4 is 10.0 Å². The molecule has 0 amide bonds. The number of hydrogen-bond donors (Lipinski definition) is 1. The molecule has 0 atom stereocenters. The highest BCUT2D eigenvalue weighted by atomic mass is 32.2. The summed E-state index contributed by atoms with van der Waals surface area (Å²) in [6.07, 6.45) is 1.23. The van der Waals surface area contributed by atoms with E-state index in [1.165, 1.54) is 28.9 Å². The minimum atomic E-state index is -3.55. The molecule has 1 saturated heterocycles. The molecule has 8 nitrogen and oxygen atoms in total. The standard InChI is InChI=1S/C20H21FN4O4S/c21-16-8-6-15(7-9-16)19-22-25(20(26)29-19)14-24-12-10-17(11-13-24)23-30(27,28)18-4-2-1-3-5-18/h1-9,17,23H,10-14H2. The van der Waals surface area contributed by atoms with Crippen molar-refractivity contribution in [1.82, 2.24) is 19.4 Å². The fraction of sp³-hybridized carbons (Fsp3) is 0.300. The maximum absolute atomic E-state index is 13.1. The average molecular weight is 432 g/mol. The summed E-state index contributed by atoms with van der Waals surface area (Å²) < 4.78 is 47.1. The van der Waals surface area contributed by atoms with Crippen LogP contribution in [0.1, 0.15) is 12.8 Å². The predicted molar refractivity (Wildman–Crippen MR) is 108 cm³/mol. The molecule has 10 heteroatoms. The van der Waals surface area contributed by atoms with E-state index < -0.39 is 15.8 Å². The van der Waals surface area contributed by atoms with Crippen LogP contribution in [0.4, 0.5) is 4.39 Å². The first-order chi connectivity index (χ1) is 14.4. The number of piperidine rings is 1. The van der Waals surface area contributed by atoms with E-state index >= 15 is 0 Å². The minimum Gasteiger partial charge on any atom is -0.388 e. The molecule has 1 aromatic heterocycles. The van der Waals surface area contributed by atoms with Gasteiger partial charge in [0, 0.05) is 24.7 Å². The van der Waals surface area contributed by atoms with Crippen molar-refractivity contribution in [3.05, 3.63) is 71.0 Å². The van der Waals surface area contributed by atoms with Gasteiger partial charge in [-0.05, 0) is 49.2 Å². The Balaban J connectivity index is 1.35. The van der Waals surface area contributed by atoms with Gasteiger partial charge in [0.2, 0.25) is 15.9 Å². The van der Waals surface area contributed by atoms with E-state index in [4.69, 9.17) is 4.42 Å². The number of aromatic nitrogens is 2. The summed E-state index contributed by atoms with van der Waals surface area (Å²) >= 11 is 0. The Morgan fingerprint density at radius 3 is 2.40 bits per heavy atom. The molecule has 30 heavy (non-hydrogen) atoms. The van der Waals surface area contributed by atoms with Gasteiger partial charge in [-0.2, -0.15) is 4.68 Å². The second-order valence-electron chi connectivity index (χ2n) is 7.15. The van der Waals surface area contributed by atoms with Gasteiger partial charge in [-0.25, -0.2) is 22.3 Å². The van der Waals surface area contributed by atoms with Crippen molar-refractivity contribution in [2.75, 3.05) is 13.1 Å². The molecule has 1 aliphatic rings. The third kappa shape index (κ3) is 4.66. The Hall–Kier alpha value is -2.82. The van der Waals surface area contributed by atoms with Crippen LogP contribution in [0.25, 0.3) is 11.5 Å². The van der Waals surface area contributed by atoms with Crippen LogP contribution in [0.2, 0.25) is 0 Å². The number of sulfonamides is 1. The van der Waals surface area contributed by atoms with Crippen molar-refractivity contribution in [1.29, 1.82) is 0 Å². The summed E-state index contributed by atoms with van der Waals surface area (Å²) in [6.45, 7) is 1.45. The van der Waals surface area contributed by atoms with Crippen LogP contribution in [0.5, 0.6) is 0 Å². The molecule has 0 bridgehead atoms. The lowest BCUT2D eigenvalue weighted by molar-refractivity contribution is 0.154. The van der Waals surface area contributed by atoms with Crippen molar-refractivity contribution in [2.24, 2.45) is 0 Å². The topological polar surface area (TPSA) is 97.4 Å². The molecule has 158 valence electrons. The largest absolute Gasteiger partial charge is 0.438 e. The minimum absolute atomic E-state index is 0.130. The predicted octanol–water partition coefficient (Wildman–Crippen LogP) is 2.04. The van der Waals surface area contributed by atoms with E-state index in [-0.39, 0.29) is 29.3 Å². The highest BCUT2D eigenvalue weighted by molar-refractivity contribution is 7.89. The number of nitrogens with zero attached hydrogens (tertiary/aromatic N) is 3. The monoisotopic (exact) mass is 432 g/mol. The highest BCUT2D eigenvalue weighted by Gasteiger charge is 2.25. The first-order valence-corrected chi connectivity index (χ1v) is 11.0. The Morgan fingerprint density at radius 2 is 1.73 bits per heavy atom. The van der Waals surface area contributed by atoms with Gasteiger partial charge in [-0.15, -0.1) is 5.10 Å². The summed E-state index contributed by atoms with van der Waals surface area (Å²) in [6, 6.07) is 13.6. The SMILES string of the molecule is O=c1oc(-c2ccc(F)cc2)nn1CN1CCC(NS(=O)(=O)c2ccccc2)CC1. The highest BCUT2D eigenvalue weighted by Crippen LogP contribution is 2.17. The maximum atomic E-state index is 13.1. The quantitative estimate of drug-likeness (QED) is 0.640. The van der Waals surface area contributed by atoms with Crippen LogP contribution in [0.3, 0.4) is 0 Å². The molecule has 2 heterocycles. The van der Waals surface area contributed by atoms with E-state index in [1.807, 2.05) is 4.90 Å². The van der Waals surface area contributed by atoms with Gasteiger partial charge >= 0.3 is 5.76 Å². The lowest BCUT2D eigenvalue weighted by Crippen LogP contribution is -2.45. The van der Waals surface area contributed by atoms with Crippen molar-refractivity contribution in [3.8, 4) is 11.5 Å². The smallest absolute Gasteiger partial charge is 0.388 e. The molecular formula is C20H21FN4O4S. The lowest BCUT2D eigenvalue weighted by Gasteiger charge is -2.31. The lowest BCUT2D eigenvalue weighted by atomic mass is 10.1. The Morgan fingerprint density at radius 1 is 1.07 bits per heavy atom. The van der Waals surface area contributed by atoms with Gasteiger partial charge in [0.05, 0.1) is 4.90 Å².